The molecule has 2 heterocycles. The third-order valence-electron chi connectivity index (χ3n) is 4.02. The van der Waals surface area contributed by atoms with Crippen LogP contribution in [-0.2, 0) is 16.6 Å². The molecular formula is C16H27N3O2. The van der Waals surface area contributed by atoms with Crippen molar-refractivity contribution < 1.29 is 9.21 Å². The van der Waals surface area contributed by atoms with Crippen LogP contribution in [0, 0.1) is 6.92 Å². The summed E-state index contributed by atoms with van der Waals surface area (Å²) in [6, 6.07) is 0. The van der Waals surface area contributed by atoms with E-state index in [0.29, 0.717) is 18.1 Å². The second-order valence-electron chi connectivity index (χ2n) is 6.77. The van der Waals surface area contributed by atoms with E-state index in [1.165, 1.54) is 0 Å². The monoisotopic (exact) mass is 293 g/mol. The largest absolute Gasteiger partial charge is 0.444 e. The van der Waals surface area contributed by atoms with Crippen LogP contribution in [0.25, 0.3) is 0 Å². The van der Waals surface area contributed by atoms with Crippen LogP contribution in [0.1, 0.15) is 45.0 Å². The third-order valence-corrected chi connectivity index (χ3v) is 4.02. The Bertz CT molecular complexity index is 494. The number of carbonyl (C=O) groups excluding carboxylic acids is 1. The topological polar surface area (TPSA) is 49.6 Å². The standard InChI is InChI=1S/C16H27N3O2/c1-6-18-7-9-19(10-8-18)14(20)11-13-12(2)17-15(21-13)16(3,4)5/h6-11H2,1-5H3. The molecule has 1 aromatic heterocycles. The molecule has 2 rings (SSSR count). The number of oxazole rings is 1. The van der Waals surface area contributed by atoms with Crippen LogP contribution in [0.5, 0.6) is 0 Å². The summed E-state index contributed by atoms with van der Waals surface area (Å²) in [7, 11) is 0. The van der Waals surface area contributed by atoms with Crippen molar-refractivity contribution in [3.63, 3.8) is 0 Å². The quantitative estimate of drug-likeness (QED) is 0.855. The Balaban J connectivity index is 1.99. The molecule has 21 heavy (non-hydrogen) atoms. The molecule has 5 heteroatoms. The van der Waals surface area contributed by atoms with E-state index < -0.39 is 0 Å². The zero-order chi connectivity index (χ0) is 15.6. The van der Waals surface area contributed by atoms with Gasteiger partial charge < -0.3 is 14.2 Å². The summed E-state index contributed by atoms with van der Waals surface area (Å²) in [5.74, 6) is 1.56. The van der Waals surface area contributed by atoms with E-state index in [9.17, 15) is 4.79 Å². The second-order valence-corrected chi connectivity index (χ2v) is 6.77. The SMILES string of the molecule is CCN1CCN(C(=O)Cc2oc(C(C)(C)C)nc2C)CC1. The smallest absolute Gasteiger partial charge is 0.230 e. The minimum atomic E-state index is -0.126. The number of amides is 1. The number of aromatic nitrogens is 1. The Hall–Kier alpha value is -1.36. The van der Waals surface area contributed by atoms with Gasteiger partial charge in [0.05, 0.1) is 12.1 Å². The summed E-state index contributed by atoms with van der Waals surface area (Å²) in [6.45, 7) is 14.9. The van der Waals surface area contributed by atoms with Gasteiger partial charge >= 0.3 is 0 Å². The molecule has 5 nitrogen and oxygen atoms in total. The zero-order valence-electron chi connectivity index (χ0n) is 13.9. The number of nitrogens with zero attached hydrogens (tertiary/aromatic N) is 3. The van der Waals surface area contributed by atoms with Gasteiger partial charge in [0.1, 0.15) is 5.76 Å². The maximum atomic E-state index is 12.4. The van der Waals surface area contributed by atoms with Crippen molar-refractivity contribution in [2.75, 3.05) is 32.7 Å². The highest BCUT2D eigenvalue weighted by Crippen LogP contribution is 2.24. The van der Waals surface area contributed by atoms with Crippen molar-refractivity contribution in [3.05, 3.63) is 17.3 Å². The molecule has 118 valence electrons. The van der Waals surface area contributed by atoms with Crippen LogP contribution >= 0.6 is 0 Å². The maximum absolute atomic E-state index is 12.4. The zero-order valence-corrected chi connectivity index (χ0v) is 13.9. The first kappa shape index (κ1) is 16.0. The van der Waals surface area contributed by atoms with E-state index in [4.69, 9.17) is 4.42 Å². The minimum absolute atomic E-state index is 0.126. The minimum Gasteiger partial charge on any atom is -0.444 e. The summed E-state index contributed by atoms with van der Waals surface area (Å²) in [6.07, 6.45) is 0.320. The number of aryl methyl sites for hydroxylation is 1. The van der Waals surface area contributed by atoms with Crippen LogP contribution in [-0.4, -0.2) is 53.4 Å². The van der Waals surface area contributed by atoms with Gasteiger partial charge in [0.25, 0.3) is 0 Å². The lowest BCUT2D eigenvalue weighted by Gasteiger charge is -2.34. The number of rotatable bonds is 3. The molecule has 1 aliphatic rings. The number of likely N-dealkylation sites (N-methyl/N-ethyl adjacent to an activating group) is 1. The predicted molar refractivity (Wildman–Crippen MR) is 82.3 cm³/mol. The Morgan fingerprint density at radius 3 is 2.33 bits per heavy atom. The molecule has 0 radical (unpaired) electrons. The van der Waals surface area contributed by atoms with Gasteiger partial charge in [0.15, 0.2) is 5.89 Å². The molecule has 0 aromatic carbocycles. The molecule has 0 N–H and O–H groups in total. The van der Waals surface area contributed by atoms with E-state index >= 15 is 0 Å². The van der Waals surface area contributed by atoms with Crippen LogP contribution in [0.15, 0.2) is 4.42 Å². The van der Waals surface area contributed by atoms with E-state index in [1.807, 2.05) is 11.8 Å². The molecule has 0 bridgehead atoms. The van der Waals surface area contributed by atoms with Gasteiger partial charge in [-0.2, -0.15) is 0 Å². The van der Waals surface area contributed by atoms with Crippen molar-refractivity contribution in [1.82, 2.24) is 14.8 Å². The third kappa shape index (κ3) is 3.84. The number of hydrogen-bond donors (Lipinski definition) is 0. The average Bonchev–Trinajstić information content (AvgIpc) is 2.80. The van der Waals surface area contributed by atoms with Gasteiger partial charge in [-0.1, -0.05) is 27.7 Å². The summed E-state index contributed by atoms with van der Waals surface area (Å²) < 4.78 is 5.81. The highest BCUT2D eigenvalue weighted by atomic mass is 16.4. The van der Waals surface area contributed by atoms with Gasteiger partial charge in [0.2, 0.25) is 5.91 Å². The molecule has 1 aliphatic heterocycles. The first-order chi connectivity index (χ1) is 9.81. The Kier molecular flexibility index (Phi) is 4.71. The summed E-state index contributed by atoms with van der Waals surface area (Å²) >= 11 is 0. The molecule has 1 saturated heterocycles. The molecule has 1 fully saturated rings. The van der Waals surface area contributed by atoms with E-state index in [-0.39, 0.29) is 11.3 Å². The first-order valence-corrected chi connectivity index (χ1v) is 7.78. The highest BCUT2D eigenvalue weighted by molar-refractivity contribution is 5.78. The van der Waals surface area contributed by atoms with Crippen LogP contribution in [0.4, 0.5) is 0 Å². The van der Waals surface area contributed by atoms with Gasteiger partial charge in [-0.25, -0.2) is 4.98 Å². The number of piperazine rings is 1. The van der Waals surface area contributed by atoms with Gasteiger partial charge in [-0.05, 0) is 13.5 Å². The Morgan fingerprint density at radius 1 is 1.24 bits per heavy atom. The number of hydrogen-bond acceptors (Lipinski definition) is 4. The fraction of sp³-hybridized carbons (Fsp3) is 0.750. The van der Waals surface area contributed by atoms with Crippen molar-refractivity contribution >= 4 is 5.91 Å². The summed E-state index contributed by atoms with van der Waals surface area (Å²) in [4.78, 5) is 21.2. The average molecular weight is 293 g/mol. The van der Waals surface area contributed by atoms with Crippen molar-refractivity contribution in [1.29, 1.82) is 0 Å². The van der Waals surface area contributed by atoms with Crippen LogP contribution in [0.3, 0.4) is 0 Å². The lowest BCUT2D eigenvalue weighted by molar-refractivity contribution is -0.132. The fourth-order valence-corrected chi connectivity index (χ4v) is 2.48. The van der Waals surface area contributed by atoms with Crippen molar-refractivity contribution in [2.24, 2.45) is 0 Å². The lowest BCUT2D eigenvalue weighted by atomic mass is 9.97. The molecule has 0 spiro atoms. The van der Waals surface area contributed by atoms with Crippen molar-refractivity contribution in [3.8, 4) is 0 Å². The molecule has 0 atom stereocenters. The van der Waals surface area contributed by atoms with Crippen LogP contribution < -0.4 is 0 Å². The first-order valence-electron chi connectivity index (χ1n) is 7.78. The molecule has 1 amide bonds. The molecular weight excluding hydrogens is 266 g/mol. The Labute approximate surface area is 127 Å². The molecule has 0 unspecified atom stereocenters. The summed E-state index contributed by atoms with van der Waals surface area (Å²) in [5.41, 5.74) is 0.708. The maximum Gasteiger partial charge on any atom is 0.230 e. The highest BCUT2D eigenvalue weighted by Gasteiger charge is 2.25. The molecule has 0 aliphatic carbocycles. The normalized spacial score (nSPS) is 17.3. The summed E-state index contributed by atoms with van der Waals surface area (Å²) in [5, 5.41) is 0. The fourth-order valence-electron chi connectivity index (χ4n) is 2.48. The van der Waals surface area contributed by atoms with E-state index in [1.54, 1.807) is 0 Å². The van der Waals surface area contributed by atoms with Gasteiger partial charge in [-0.3, -0.25) is 4.79 Å². The molecule has 1 aromatic rings. The number of carbonyl (C=O) groups is 1. The predicted octanol–water partition coefficient (Wildman–Crippen LogP) is 1.99. The van der Waals surface area contributed by atoms with Gasteiger partial charge in [0, 0.05) is 31.6 Å². The Morgan fingerprint density at radius 2 is 1.86 bits per heavy atom. The lowest BCUT2D eigenvalue weighted by Crippen LogP contribution is -2.48. The van der Waals surface area contributed by atoms with Crippen LogP contribution in [0.2, 0.25) is 0 Å². The van der Waals surface area contributed by atoms with Gasteiger partial charge in [-0.15, -0.1) is 0 Å². The van der Waals surface area contributed by atoms with Crippen molar-refractivity contribution in [2.45, 2.75) is 46.5 Å². The van der Waals surface area contributed by atoms with E-state index in [0.717, 1.165) is 38.4 Å². The van der Waals surface area contributed by atoms with E-state index in [2.05, 4.69) is 37.6 Å². The molecule has 0 saturated carbocycles. The second kappa shape index (κ2) is 6.18.